The molecule has 0 aromatic heterocycles. The highest BCUT2D eigenvalue weighted by Crippen LogP contribution is 2.68. The molecule has 3 atom stereocenters. The molecule has 0 spiro atoms. The van der Waals surface area contributed by atoms with Gasteiger partial charge in [0.1, 0.15) is 22.8 Å². The van der Waals surface area contributed by atoms with Gasteiger partial charge in [-0.1, -0.05) is 19.9 Å². The molecule has 0 radical (unpaired) electrons. The molecular formula is C30H25Br2N5O2. The topological polar surface area (TPSA) is 115 Å². The van der Waals surface area contributed by atoms with E-state index in [2.05, 4.69) is 57.8 Å². The summed E-state index contributed by atoms with van der Waals surface area (Å²) in [5, 5.41) is 21.4. The Morgan fingerprint density at radius 3 is 2.49 bits per heavy atom. The normalized spacial score (nSPS) is 26.3. The zero-order valence-electron chi connectivity index (χ0n) is 21.7. The van der Waals surface area contributed by atoms with Crippen molar-refractivity contribution >= 4 is 49.2 Å². The second kappa shape index (κ2) is 8.81. The van der Waals surface area contributed by atoms with Crippen LogP contribution in [0.4, 0.5) is 5.69 Å². The van der Waals surface area contributed by atoms with Gasteiger partial charge in [0.2, 0.25) is 0 Å². The van der Waals surface area contributed by atoms with Crippen molar-refractivity contribution in [2.24, 2.45) is 21.6 Å². The number of nitrogens with zero attached hydrogens (tertiary/aromatic N) is 4. The van der Waals surface area contributed by atoms with Crippen LogP contribution in [0.3, 0.4) is 0 Å². The molecule has 0 saturated carbocycles. The molecule has 0 fully saturated rings. The molecular weight excluding hydrogens is 622 g/mol. The Hall–Kier alpha value is -3.40. The minimum atomic E-state index is -1.34. The van der Waals surface area contributed by atoms with Gasteiger partial charge in [-0.2, -0.15) is 10.5 Å². The van der Waals surface area contributed by atoms with Crippen molar-refractivity contribution in [1.29, 1.82) is 10.5 Å². The lowest BCUT2D eigenvalue weighted by Gasteiger charge is -2.51. The lowest BCUT2D eigenvalue weighted by atomic mass is 9.58. The van der Waals surface area contributed by atoms with Gasteiger partial charge >= 0.3 is 0 Å². The minimum absolute atomic E-state index is 0.00960. The SMILES string of the molecule is CCOc1ccc(N2C3=NC(N)=C(C#N)[C@H]4c5ccc(Br)c(Br)c5[C@@H](C5=C2CC(C)(C)CC5=O)[C@@]34C#N)cc1. The Bertz CT molecular complexity index is 1640. The first-order valence-electron chi connectivity index (χ1n) is 12.8. The number of Topliss-reactive ketones (excluding diaryl/α,β-unsaturated/α-hetero) is 1. The molecule has 2 aromatic carbocycles. The molecule has 2 aliphatic carbocycles. The number of benzene rings is 2. The first-order valence-corrected chi connectivity index (χ1v) is 14.4. The average Bonchev–Trinajstić information content (AvgIpc) is 3.19. The Morgan fingerprint density at radius 2 is 1.85 bits per heavy atom. The summed E-state index contributed by atoms with van der Waals surface area (Å²) in [6, 6.07) is 16.3. The highest BCUT2D eigenvalue weighted by atomic mass is 79.9. The Labute approximate surface area is 243 Å². The standard InChI is InChI=1S/C30H25Br2N5O2/c1-4-39-16-7-5-15(6-8-16)37-20-11-29(2,3)12-21(38)23(20)25-22-17(9-10-19(31)26(22)32)24-18(13-33)27(35)36-28(37)30(24,25)14-34/h5-10,24-25H,4,11-12,35H2,1-3H3/t24-,25+,30+/m1/s1. The zero-order valence-corrected chi connectivity index (χ0v) is 24.9. The van der Waals surface area contributed by atoms with E-state index >= 15 is 0 Å². The van der Waals surface area contributed by atoms with Crippen molar-refractivity contribution in [3.8, 4) is 17.9 Å². The van der Waals surface area contributed by atoms with E-state index in [0.29, 0.717) is 30.9 Å². The number of ketones is 1. The summed E-state index contributed by atoms with van der Waals surface area (Å²) in [5.41, 5.74) is 8.92. The summed E-state index contributed by atoms with van der Waals surface area (Å²) in [4.78, 5) is 20.9. The Morgan fingerprint density at radius 1 is 1.13 bits per heavy atom. The fourth-order valence-corrected chi connectivity index (χ4v) is 7.76. The van der Waals surface area contributed by atoms with E-state index in [1.54, 1.807) is 0 Å². The summed E-state index contributed by atoms with van der Waals surface area (Å²) in [6.07, 6.45) is 0.973. The summed E-state index contributed by atoms with van der Waals surface area (Å²) >= 11 is 7.38. The molecule has 4 aliphatic rings. The highest BCUT2D eigenvalue weighted by molar-refractivity contribution is 9.13. The Kier molecular flexibility index (Phi) is 5.84. The summed E-state index contributed by atoms with van der Waals surface area (Å²) in [7, 11) is 0. The van der Waals surface area contributed by atoms with Crippen molar-refractivity contribution in [3.63, 3.8) is 0 Å². The fourth-order valence-electron chi connectivity index (χ4n) is 6.82. The number of hydrogen-bond acceptors (Lipinski definition) is 7. The molecule has 2 N–H and O–H groups in total. The molecule has 7 nitrogen and oxygen atoms in total. The summed E-state index contributed by atoms with van der Waals surface area (Å²) in [6.45, 7) is 6.63. The molecule has 196 valence electrons. The van der Waals surface area contributed by atoms with Crippen molar-refractivity contribution in [1.82, 2.24) is 0 Å². The van der Waals surface area contributed by atoms with Gasteiger partial charge in [-0.3, -0.25) is 4.79 Å². The number of carbonyl (C=O) groups is 1. The number of aliphatic imine (C=N–C) groups is 1. The van der Waals surface area contributed by atoms with E-state index in [1.807, 2.05) is 48.2 Å². The maximum absolute atomic E-state index is 14.1. The second-order valence-corrected chi connectivity index (χ2v) is 12.8. The number of halogens is 2. The van der Waals surface area contributed by atoms with Crippen LogP contribution in [0.2, 0.25) is 0 Å². The number of nitrogens with two attached hydrogens (primary N) is 1. The number of nitriles is 2. The molecule has 39 heavy (non-hydrogen) atoms. The van der Waals surface area contributed by atoms with E-state index in [0.717, 1.165) is 37.2 Å². The highest BCUT2D eigenvalue weighted by Gasteiger charge is 2.67. The van der Waals surface area contributed by atoms with Crippen LogP contribution in [0.1, 0.15) is 56.6 Å². The second-order valence-electron chi connectivity index (χ2n) is 11.1. The maximum atomic E-state index is 14.1. The number of anilines is 1. The first kappa shape index (κ1) is 25.9. The molecule has 2 aliphatic heterocycles. The van der Waals surface area contributed by atoms with E-state index in [9.17, 15) is 15.3 Å². The van der Waals surface area contributed by atoms with Crippen molar-refractivity contribution < 1.29 is 9.53 Å². The molecule has 2 aromatic rings. The lowest BCUT2D eigenvalue weighted by molar-refractivity contribution is -0.118. The fraction of sp³-hybridized carbons (Fsp3) is 0.333. The van der Waals surface area contributed by atoms with Gasteiger partial charge in [-0.05, 0) is 92.1 Å². The number of fused-ring (bicyclic) bond motifs is 4. The van der Waals surface area contributed by atoms with E-state index in [1.165, 1.54) is 0 Å². The van der Waals surface area contributed by atoms with Gasteiger partial charge in [0, 0.05) is 44.2 Å². The largest absolute Gasteiger partial charge is 0.494 e. The summed E-state index contributed by atoms with van der Waals surface area (Å²) in [5.74, 6) is -0.0134. The van der Waals surface area contributed by atoms with Crippen LogP contribution in [0.25, 0.3) is 0 Å². The molecule has 6 rings (SSSR count). The smallest absolute Gasteiger partial charge is 0.161 e. The third kappa shape index (κ3) is 3.43. The van der Waals surface area contributed by atoms with Crippen molar-refractivity contribution in [3.05, 3.63) is 79.1 Å². The van der Waals surface area contributed by atoms with Crippen LogP contribution in [-0.4, -0.2) is 18.2 Å². The van der Waals surface area contributed by atoms with E-state index in [-0.39, 0.29) is 22.6 Å². The van der Waals surface area contributed by atoms with Crippen LogP contribution in [0.5, 0.6) is 5.75 Å². The first-order chi connectivity index (χ1) is 18.6. The van der Waals surface area contributed by atoms with Gasteiger partial charge in [0.25, 0.3) is 0 Å². The molecule has 0 unspecified atom stereocenters. The molecule has 0 amide bonds. The van der Waals surface area contributed by atoms with Crippen LogP contribution in [0.15, 0.2) is 73.0 Å². The van der Waals surface area contributed by atoms with Crippen LogP contribution < -0.4 is 15.4 Å². The van der Waals surface area contributed by atoms with E-state index < -0.39 is 17.3 Å². The van der Waals surface area contributed by atoms with Crippen LogP contribution >= 0.6 is 31.9 Å². The summed E-state index contributed by atoms with van der Waals surface area (Å²) < 4.78 is 7.24. The average molecular weight is 647 g/mol. The zero-order chi connectivity index (χ0) is 27.9. The predicted molar refractivity (Wildman–Crippen MR) is 155 cm³/mol. The van der Waals surface area contributed by atoms with Crippen LogP contribution in [0, 0.1) is 33.5 Å². The van der Waals surface area contributed by atoms with Gasteiger partial charge in [0.15, 0.2) is 5.78 Å². The van der Waals surface area contributed by atoms with Crippen molar-refractivity contribution in [2.75, 3.05) is 11.5 Å². The molecule has 0 saturated heterocycles. The van der Waals surface area contributed by atoms with E-state index in [4.69, 9.17) is 15.5 Å². The maximum Gasteiger partial charge on any atom is 0.161 e. The monoisotopic (exact) mass is 645 g/mol. The number of hydrogen-bond donors (Lipinski definition) is 1. The van der Waals surface area contributed by atoms with Gasteiger partial charge in [-0.25, -0.2) is 4.99 Å². The number of carbonyl (C=O) groups excluding carboxylic acids is 1. The van der Waals surface area contributed by atoms with Crippen molar-refractivity contribution in [2.45, 2.75) is 45.4 Å². The molecule has 0 bridgehead atoms. The molecule has 2 heterocycles. The third-order valence-electron chi connectivity index (χ3n) is 8.22. The van der Waals surface area contributed by atoms with Gasteiger partial charge in [0.05, 0.1) is 24.3 Å². The predicted octanol–water partition coefficient (Wildman–Crippen LogP) is 6.57. The van der Waals surface area contributed by atoms with Crippen LogP contribution in [-0.2, 0) is 4.79 Å². The van der Waals surface area contributed by atoms with Gasteiger partial charge in [-0.15, -0.1) is 0 Å². The molecule has 9 heteroatoms. The lowest BCUT2D eigenvalue weighted by Crippen LogP contribution is -2.56. The number of rotatable bonds is 3. The third-order valence-corrected chi connectivity index (χ3v) is 10.3. The number of ether oxygens (including phenoxy) is 1. The quantitative estimate of drug-likeness (QED) is 0.403. The van der Waals surface area contributed by atoms with Gasteiger partial charge < -0.3 is 15.4 Å². The Balaban J connectivity index is 1.75. The number of amidine groups is 1. The number of allylic oxidation sites excluding steroid dienone is 3. The minimum Gasteiger partial charge on any atom is -0.494 e.